The number of likely N-dealkylation sites (N-methyl/N-ethyl adjacent to an activating group) is 1. The number of nitrogens with one attached hydrogen (secondary N) is 2. The van der Waals surface area contributed by atoms with Crippen molar-refractivity contribution in [3.05, 3.63) is 29.3 Å². The highest BCUT2D eigenvalue weighted by atomic mass is 16.3. The molecule has 0 spiro atoms. The second kappa shape index (κ2) is 6.81. The van der Waals surface area contributed by atoms with Gasteiger partial charge in [0.05, 0.1) is 11.1 Å². The number of rotatable bonds is 5. The van der Waals surface area contributed by atoms with Gasteiger partial charge in [-0.25, -0.2) is 9.97 Å². The number of phenolic OH excluding ortho intramolecular Hbond substituents is 3. The first-order valence-corrected chi connectivity index (χ1v) is 7.74. The Morgan fingerprint density at radius 3 is 2.38 bits per heavy atom. The number of fused-ring (bicyclic) bond motifs is 2. The fourth-order valence-corrected chi connectivity index (χ4v) is 2.58. The molecule has 0 saturated carbocycles. The molecule has 26 heavy (non-hydrogen) atoms. The van der Waals surface area contributed by atoms with Gasteiger partial charge in [-0.3, -0.25) is 9.59 Å². The van der Waals surface area contributed by atoms with Crippen LogP contribution in [0.3, 0.4) is 0 Å². The maximum Gasteiger partial charge on any atom is 0.253 e. The van der Waals surface area contributed by atoms with Gasteiger partial charge in [-0.2, -0.15) is 0 Å². The second-order valence-corrected chi connectivity index (χ2v) is 5.56. The number of phenols is 3. The van der Waals surface area contributed by atoms with Gasteiger partial charge in [-0.1, -0.05) is 0 Å². The molecule has 0 aliphatic carbocycles. The third-order valence-electron chi connectivity index (χ3n) is 3.87. The van der Waals surface area contributed by atoms with E-state index < -0.39 is 17.4 Å². The van der Waals surface area contributed by atoms with Gasteiger partial charge >= 0.3 is 0 Å². The summed E-state index contributed by atoms with van der Waals surface area (Å²) >= 11 is 0. The number of hydrogen-bond donors (Lipinski definition) is 5. The van der Waals surface area contributed by atoms with E-state index in [2.05, 4.69) is 20.6 Å². The summed E-state index contributed by atoms with van der Waals surface area (Å²) in [6.07, 6.45) is 0.378. The van der Waals surface area contributed by atoms with Crippen molar-refractivity contribution in [2.75, 3.05) is 20.1 Å². The highest BCUT2D eigenvalue weighted by Crippen LogP contribution is 2.35. The Morgan fingerprint density at radius 2 is 1.69 bits per heavy atom. The van der Waals surface area contributed by atoms with E-state index in [0.29, 0.717) is 19.4 Å². The van der Waals surface area contributed by atoms with Gasteiger partial charge in [0.1, 0.15) is 39.3 Å². The van der Waals surface area contributed by atoms with Crippen molar-refractivity contribution < 1.29 is 24.9 Å². The number of benzene rings is 2. The number of amides is 1. The fourth-order valence-electron chi connectivity index (χ4n) is 2.58. The number of nitrogens with zero attached hydrogens (tertiary/aromatic N) is 2. The predicted octanol–water partition coefficient (Wildman–Crippen LogP) is 0.661. The molecule has 0 atom stereocenters. The molecular formula is C17H16N4O5. The van der Waals surface area contributed by atoms with Gasteiger partial charge in [0.2, 0.25) is 0 Å². The van der Waals surface area contributed by atoms with Crippen molar-refractivity contribution in [2.24, 2.45) is 0 Å². The smallest absolute Gasteiger partial charge is 0.253 e. The molecule has 0 bridgehead atoms. The van der Waals surface area contributed by atoms with E-state index in [4.69, 9.17) is 0 Å². The molecule has 1 amide bonds. The zero-order valence-electron chi connectivity index (χ0n) is 13.8. The van der Waals surface area contributed by atoms with Crippen LogP contribution in [0, 0.1) is 0 Å². The Hall–Kier alpha value is -3.46. The Kier molecular flexibility index (Phi) is 4.55. The van der Waals surface area contributed by atoms with E-state index in [1.807, 2.05) is 0 Å². The summed E-state index contributed by atoms with van der Waals surface area (Å²) in [5, 5.41) is 35.5. The largest absolute Gasteiger partial charge is 0.507 e. The summed E-state index contributed by atoms with van der Waals surface area (Å²) in [6, 6.07) is 3.66. The minimum Gasteiger partial charge on any atom is -0.507 e. The molecule has 1 heterocycles. The maximum absolute atomic E-state index is 12.4. The van der Waals surface area contributed by atoms with E-state index in [-0.39, 0.29) is 38.9 Å². The topological polar surface area (TPSA) is 145 Å². The Balaban J connectivity index is 2.27. The molecular weight excluding hydrogens is 340 g/mol. The van der Waals surface area contributed by atoms with Gasteiger partial charge in [0, 0.05) is 19.2 Å². The molecule has 134 valence electrons. The van der Waals surface area contributed by atoms with Crippen LogP contribution < -0.4 is 10.6 Å². The summed E-state index contributed by atoms with van der Waals surface area (Å²) in [6.45, 7) is 0.951. The second-order valence-electron chi connectivity index (χ2n) is 5.56. The number of hydrogen-bond acceptors (Lipinski definition) is 8. The van der Waals surface area contributed by atoms with Crippen LogP contribution >= 0.6 is 0 Å². The summed E-state index contributed by atoms with van der Waals surface area (Å²) < 4.78 is 0. The monoisotopic (exact) mass is 356 g/mol. The predicted molar refractivity (Wildman–Crippen MR) is 93.7 cm³/mol. The number of aromatic hydroxyl groups is 3. The highest BCUT2D eigenvalue weighted by Gasteiger charge is 2.20. The van der Waals surface area contributed by atoms with Crippen LogP contribution in [-0.2, 0) is 0 Å². The quantitative estimate of drug-likeness (QED) is 0.255. The summed E-state index contributed by atoms with van der Waals surface area (Å²) in [5.41, 5.74) is -0.108. The number of aldehydes is 1. The molecule has 5 N–H and O–H groups in total. The molecule has 3 aromatic rings. The van der Waals surface area contributed by atoms with E-state index >= 15 is 0 Å². The van der Waals surface area contributed by atoms with Crippen molar-refractivity contribution in [2.45, 2.75) is 0 Å². The molecule has 9 heteroatoms. The minimum absolute atomic E-state index is 0.0214. The SMILES string of the molecule is CNCCNC(=O)c1ccc(O)c2nc3c(C=O)c(O)cc(O)c3nc12. The summed E-state index contributed by atoms with van der Waals surface area (Å²) in [5.74, 6) is -1.53. The Labute approximate surface area is 147 Å². The number of aromatic nitrogens is 2. The van der Waals surface area contributed by atoms with Gasteiger partial charge in [-0.15, -0.1) is 0 Å². The molecule has 0 aliphatic heterocycles. The summed E-state index contributed by atoms with van der Waals surface area (Å²) in [7, 11) is 1.75. The standard InChI is InChI=1S/C17H16N4O5/c1-18-4-5-19-17(26)8-2-3-10(23)15-13(8)20-16-12(25)6-11(24)9(7-22)14(16)21-15/h2-3,6-7,18,23-25H,4-5H2,1H3,(H,19,26). The van der Waals surface area contributed by atoms with Crippen LogP contribution in [0.25, 0.3) is 22.1 Å². The van der Waals surface area contributed by atoms with E-state index in [1.165, 1.54) is 12.1 Å². The summed E-state index contributed by atoms with van der Waals surface area (Å²) in [4.78, 5) is 32.0. The van der Waals surface area contributed by atoms with E-state index in [1.54, 1.807) is 7.05 Å². The maximum atomic E-state index is 12.4. The number of carbonyl (C=O) groups is 2. The third kappa shape index (κ3) is 2.84. The zero-order valence-corrected chi connectivity index (χ0v) is 13.8. The van der Waals surface area contributed by atoms with Crippen molar-refractivity contribution in [3.8, 4) is 17.2 Å². The van der Waals surface area contributed by atoms with Crippen molar-refractivity contribution in [3.63, 3.8) is 0 Å². The average molecular weight is 356 g/mol. The first-order chi connectivity index (χ1) is 12.5. The van der Waals surface area contributed by atoms with Gasteiger partial charge in [0.25, 0.3) is 5.91 Å². The first kappa shape index (κ1) is 17.4. The molecule has 1 aromatic heterocycles. The average Bonchev–Trinajstić information content (AvgIpc) is 2.61. The fraction of sp³-hybridized carbons (Fsp3) is 0.176. The van der Waals surface area contributed by atoms with Crippen LogP contribution in [0.1, 0.15) is 20.7 Å². The molecule has 0 aliphatic rings. The first-order valence-electron chi connectivity index (χ1n) is 7.74. The van der Waals surface area contributed by atoms with Crippen LogP contribution in [0.5, 0.6) is 17.2 Å². The molecule has 9 nitrogen and oxygen atoms in total. The molecule has 3 rings (SSSR count). The van der Waals surface area contributed by atoms with Crippen LogP contribution in [-0.4, -0.2) is 57.6 Å². The molecule has 0 fully saturated rings. The lowest BCUT2D eigenvalue weighted by Gasteiger charge is -2.11. The van der Waals surface area contributed by atoms with Crippen LogP contribution in [0.15, 0.2) is 18.2 Å². The van der Waals surface area contributed by atoms with E-state index in [9.17, 15) is 24.9 Å². The molecule has 0 unspecified atom stereocenters. The highest BCUT2D eigenvalue weighted by molar-refractivity contribution is 6.09. The number of carbonyl (C=O) groups excluding carboxylic acids is 2. The lowest BCUT2D eigenvalue weighted by molar-refractivity contribution is 0.0955. The minimum atomic E-state index is -0.459. The third-order valence-corrected chi connectivity index (χ3v) is 3.87. The normalized spacial score (nSPS) is 11.0. The Bertz CT molecular complexity index is 1030. The zero-order chi connectivity index (χ0) is 18.8. The molecule has 2 aromatic carbocycles. The van der Waals surface area contributed by atoms with Gasteiger partial charge in [-0.05, 0) is 19.2 Å². The van der Waals surface area contributed by atoms with Gasteiger partial charge < -0.3 is 26.0 Å². The lowest BCUT2D eigenvalue weighted by Crippen LogP contribution is -2.30. The van der Waals surface area contributed by atoms with Crippen LogP contribution in [0.4, 0.5) is 0 Å². The van der Waals surface area contributed by atoms with Gasteiger partial charge in [0.15, 0.2) is 6.29 Å². The van der Waals surface area contributed by atoms with Crippen molar-refractivity contribution in [1.29, 1.82) is 0 Å². The molecule has 0 radical (unpaired) electrons. The Morgan fingerprint density at radius 1 is 1.00 bits per heavy atom. The van der Waals surface area contributed by atoms with E-state index in [0.717, 1.165) is 6.07 Å². The lowest BCUT2D eigenvalue weighted by atomic mass is 10.1. The van der Waals surface area contributed by atoms with Crippen molar-refractivity contribution in [1.82, 2.24) is 20.6 Å². The van der Waals surface area contributed by atoms with Crippen LogP contribution in [0.2, 0.25) is 0 Å². The molecule has 0 saturated heterocycles. The van der Waals surface area contributed by atoms with Crippen molar-refractivity contribution >= 4 is 34.3 Å².